The Bertz CT molecular complexity index is 833. The third-order valence-corrected chi connectivity index (χ3v) is 9.90. The van der Waals surface area contributed by atoms with E-state index in [1.807, 2.05) is 0 Å². The second kappa shape index (κ2) is 17.8. The highest BCUT2D eigenvalue weighted by atomic mass is 16.7. The number of aliphatic carboxylic acids is 1. The fourth-order valence-electron chi connectivity index (χ4n) is 7.48. The van der Waals surface area contributed by atoms with Gasteiger partial charge in [0.15, 0.2) is 12.6 Å². The molecule has 2 aliphatic heterocycles. The molecule has 0 radical (unpaired) electrons. The van der Waals surface area contributed by atoms with Crippen molar-refractivity contribution in [3.05, 3.63) is 12.2 Å². The van der Waals surface area contributed by atoms with Crippen molar-refractivity contribution >= 4 is 11.8 Å². The summed E-state index contributed by atoms with van der Waals surface area (Å²) in [6.07, 6.45) is 18.7. The van der Waals surface area contributed by atoms with Crippen LogP contribution >= 0.6 is 0 Å². The molecule has 9 atom stereocenters. The van der Waals surface area contributed by atoms with Gasteiger partial charge >= 0.3 is 5.97 Å². The van der Waals surface area contributed by atoms with Crippen LogP contribution in [0.15, 0.2) is 12.2 Å². The maximum absolute atomic E-state index is 13.0. The van der Waals surface area contributed by atoms with Crippen LogP contribution in [0, 0.1) is 23.7 Å². The van der Waals surface area contributed by atoms with Crippen LogP contribution in [0.1, 0.15) is 122 Å². The first kappa shape index (κ1) is 33.6. The molecule has 0 amide bonds. The number of ketones is 1. The van der Waals surface area contributed by atoms with Gasteiger partial charge in [-0.2, -0.15) is 0 Å². The van der Waals surface area contributed by atoms with Gasteiger partial charge in [0.1, 0.15) is 5.78 Å². The highest BCUT2D eigenvalue weighted by Crippen LogP contribution is 2.42. The molecule has 4 aliphatic rings. The summed E-state index contributed by atoms with van der Waals surface area (Å²) < 4.78 is 25.0. The van der Waals surface area contributed by atoms with Crippen molar-refractivity contribution in [2.24, 2.45) is 23.7 Å². The Morgan fingerprint density at radius 2 is 1.67 bits per heavy atom. The molecule has 0 spiro atoms. The smallest absolute Gasteiger partial charge is 0.303 e. The average Bonchev–Trinajstić information content (AvgIpc) is 3.57. The summed E-state index contributed by atoms with van der Waals surface area (Å²) in [6.45, 7) is 3.69. The van der Waals surface area contributed by atoms with Crippen LogP contribution in [0.2, 0.25) is 0 Å². The van der Waals surface area contributed by atoms with E-state index < -0.39 is 12.1 Å². The lowest BCUT2D eigenvalue weighted by molar-refractivity contribution is -0.193. The van der Waals surface area contributed by atoms with E-state index in [0.717, 1.165) is 57.5 Å². The normalized spacial score (nSPS) is 34.6. The van der Waals surface area contributed by atoms with Crippen molar-refractivity contribution in [3.63, 3.8) is 0 Å². The van der Waals surface area contributed by atoms with Crippen LogP contribution in [-0.2, 0) is 28.5 Å². The minimum Gasteiger partial charge on any atom is -0.481 e. The molecule has 2 saturated heterocycles. The number of carbonyl (C=O) groups excluding carboxylic acids is 1. The molecule has 2 heterocycles. The molecule has 0 aromatic heterocycles. The largest absolute Gasteiger partial charge is 0.481 e. The summed E-state index contributed by atoms with van der Waals surface area (Å²) in [6, 6.07) is 0. The second-order valence-electron chi connectivity index (χ2n) is 13.2. The molecule has 240 valence electrons. The fraction of sp³-hybridized carbons (Fsp3) is 0.882. The summed E-state index contributed by atoms with van der Waals surface area (Å²) >= 11 is 0. The van der Waals surface area contributed by atoms with Gasteiger partial charge in [-0.25, -0.2) is 0 Å². The molecule has 4 rings (SSSR count). The lowest BCUT2D eigenvalue weighted by Gasteiger charge is -2.31. The van der Waals surface area contributed by atoms with Gasteiger partial charge in [-0.3, -0.25) is 9.59 Å². The number of aliphatic hydroxyl groups excluding tert-OH is 1. The van der Waals surface area contributed by atoms with E-state index in [2.05, 4.69) is 19.1 Å². The number of carbonyl (C=O) groups is 2. The number of aliphatic hydroxyl groups is 1. The number of ether oxygens (including phenoxy) is 4. The Morgan fingerprint density at radius 3 is 2.36 bits per heavy atom. The van der Waals surface area contributed by atoms with Crippen molar-refractivity contribution in [2.75, 3.05) is 13.2 Å². The van der Waals surface area contributed by atoms with Gasteiger partial charge in [-0.05, 0) is 76.0 Å². The van der Waals surface area contributed by atoms with Gasteiger partial charge in [-0.15, -0.1) is 0 Å². The van der Waals surface area contributed by atoms with Gasteiger partial charge in [0.25, 0.3) is 0 Å². The van der Waals surface area contributed by atoms with Gasteiger partial charge < -0.3 is 29.2 Å². The fourth-order valence-corrected chi connectivity index (χ4v) is 7.48. The van der Waals surface area contributed by atoms with Crippen molar-refractivity contribution in [3.8, 4) is 0 Å². The molecule has 8 nitrogen and oxygen atoms in total. The molecule has 0 aromatic rings. The number of hydrogen-bond donors (Lipinski definition) is 2. The zero-order chi connectivity index (χ0) is 29.7. The third-order valence-electron chi connectivity index (χ3n) is 9.90. The highest BCUT2D eigenvalue weighted by Gasteiger charge is 2.44. The minimum absolute atomic E-state index is 0.0589. The summed E-state index contributed by atoms with van der Waals surface area (Å²) in [5, 5.41) is 20.1. The van der Waals surface area contributed by atoms with Crippen molar-refractivity contribution in [2.45, 2.75) is 153 Å². The van der Waals surface area contributed by atoms with Crippen molar-refractivity contribution < 1.29 is 38.7 Å². The first-order chi connectivity index (χ1) is 20.4. The highest BCUT2D eigenvalue weighted by molar-refractivity contribution is 5.78. The Balaban J connectivity index is 1.46. The zero-order valence-electron chi connectivity index (χ0n) is 25.8. The molecule has 4 fully saturated rings. The van der Waals surface area contributed by atoms with Crippen molar-refractivity contribution in [1.29, 1.82) is 0 Å². The van der Waals surface area contributed by atoms with Crippen LogP contribution in [0.25, 0.3) is 0 Å². The van der Waals surface area contributed by atoms with Crippen LogP contribution in [0.4, 0.5) is 0 Å². The van der Waals surface area contributed by atoms with E-state index in [4.69, 9.17) is 24.1 Å². The summed E-state index contributed by atoms with van der Waals surface area (Å²) in [7, 11) is 0. The summed E-state index contributed by atoms with van der Waals surface area (Å²) in [5.74, 6) is 0.0725. The minimum atomic E-state index is -0.835. The van der Waals surface area contributed by atoms with Crippen LogP contribution < -0.4 is 0 Å². The molecule has 42 heavy (non-hydrogen) atoms. The van der Waals surface area contributed by atoms with E-state index >= 15 is 0 Å². The van der Waals surface area contributed by atoms with Crippen molar-refractivity contribution in [1.82, 2.24) is 0 Å². The van der Waals surface area contributed by atoms with E-state index in [1.165, 1.54) is 32.1 Å². The topological polar surface area (TPSA) is 112 Å². The van der Waals surface area contributed by atoms with Gasteiger partial charge in [0, 0.05) is 50.7 Å². The summed E-state index contributed by atoms with van der Waals surface area (Å²) in [4.78, 5) is 23.8. The number of unbranched alkanes of at least 4 members (excludes halogenated alkanes) is 2. The quantitative estimate of drug-likeness (QED) is 0.144. The molecule has 2 unspecified atom stereocenters. The maximum Gasteiger partial charge on any atom is 0.303 e. The lowest BCUT2D eigenvalue weighted by Crippen LogP contribution is -2.33. The Hall–Kier alpha value is -1.32. The molecule has 0 bridgehead atoms. The molecular formula is C34H56O8. The SMILES string of the molecule is CCCC[C@H]1CC[C@H]([C@@H](C=C[C@@H]2[C@@H](CC(=O)CCCCC(=O)O)[C@@H](O)C[C@H]2OC2CCCCO2)OC2CCCCO2)C1. The molecule has 2 N–H and O–H groups in total. The zero-order valence-corrected chi connectivity index (χ0v) is 25.8. The number of Topliss-reactive ketones (excluding diaryl/α,β-unsaturated/α-hetero) is 1. The van der Waals surface area contributed by atoms with Gasteiger partial charge in [0.05, 0.1) is 18.3 Å². The predicted octanol–water partition coefficient (Wildman–Crippen LogP) is 6.57. The summed E-state index contributed by atoms with van der Waals surface area (Å²) in [5.41, 5.74) is 0. The Labute approximate surface area is 252 Å². The maximum atomic E-state index is 13.0. The molecule has 2 saturated carbocycles. The van der Waals surface area contributed by atoms with E-state index in [1.54, 1.807) is 0 Å². The van der Waals surface area contributed by atoms with E-state index in [9.17, 15) is 14.7 Å². The van der Waals surface area contributed by atoms with Gasteiger partial charge in [-0.1, -0.05) is 44.8 Å². The first-order valence-corrected chi connectivity index (χ1v) is 17.1. The molecule has 2 aliphatic carbocycles. The van der Waals surface area contributed by atoms with E-state index in [0.29, 0.717) is 38.2 Å². The van der Waals surface area contributed by atoms with Crippen LogP contribution in [0.3, 0.4) is 0 Å². The standard InChI is InChI=1S/C34H56O8/c1-2-3-10-24-15-16-25(21-24)30(41-33-13-6-8-19-39-33)18-17-27-28(22-26(35)11-4-5-12-32(37)38)29(36)23-31(27)42-34-14-7-9-20-40-34/h17-18,24-25,27-31,33-34,36H,2-16,19-23H2,1H3,(H,37,38)/t24-,25-,27+,28+,29-,30+,31+,33?,34?/m0/s1. The number of hydrogen-bond acceptors (Lipinski definition) is 7. The van der Waals surface area contributed by atoms with Gasteiger partial charge in [0.2, 0.25) is 0 Å². The molecular weight excluding hydrogens is 536 g/mol. The van der Waals surface area contributed by atoms with E-state index in [-0.39, 0.29) is 55.2 Å². The monoisotopic (exact) mass is 592 g/mol. The van der Waals surface area contributed by atoms with Crippen LogP contribution in [0.5, 0.6) is 0 Å². The Morgan fingerprint density at radius 1 is 0.929 bits per heavy atom. The average molecular weight is 593 g/mol. The second-order valence-corrected chi connectivity index (χ2v) is 13.2. The number of rotatable bonds is 17. The Kier molecular flexibility index (Phi) is 14.3. The predicted molar refractivity (Wildman–Crippen MR) is 160 cm³/mol. The first-order valence-electron chi connectivity index (χ1n) is 17.1. The lowest BCUT2D eigenvalue weighted by atomic mass is 9.86. The number of carboxylic acids is 1. The number of carboxylic acid groups (broad SMARTS) is 1. The molecule has 8 heteroatoms. The third kappa shape index (κ3) is 10.7. The van der Waals surface area contributed by atoms with Crippen LogP contribution in [-0.4, -0.2) is 66.1 Å². The molecule has 0 aromatic carbocycles.